The summed E-state index contributed by atoms with van der Waals surface area (Å²) in [7, 11) is 0. The van der Waals surface area contributed by atoms with Crippen LogP contribution >= 0.6 is 0 Å². The summed E-state index contributed by atoms with van der Waals surface area (Å²) in [5.41, 5.74) is 2.89. The predicted octanol–water partition coefficient (Wildman–Crippen LogP) is 1.59. The molecular formula is C17H27N5O2. The van der Waals surface area contributed by atoms with Crippen LogP contribution in [0.3, 0.4) is 0 Å². The van der Waals surface area contributed by atoms with E-state index in [1.807, 2.05) is 13.8 Å². The third-order valence-corrected chi connectivity index (χ3v) is 4.03. The van der Waals surface area contributed by atoms with E-state index in [-0.39, 0.29) is 24.0 Å². The van der Waals surface area contributed by atoms with E-state index in [9.17, 15) is 9.90 Å². The monoisotopic (exact) mass is 333 g/mol. The first kappa shape index (κ1) is 18.3. The fraction of sp³-hybridized carbons (Fsp3) is 0.647. The smallest absolute Gasteiger partial charge is 0.252 e. The van der Waals surface area contributed by atoms with E-state index >= 15 is 0 Å². The van der Waals surface area contributed by atoms with Crippen molar-refractivity contribution in [3.05, 3.63) is 23.3 Å². The minimum absolute atomic E-state index is 0.0481. The second-order valence-corrected chi connectivity index (χ2v) is 7.44. The number of nitrogens with zero attached hydrogens (tertiary/aromatic N) is 4. The lowest BCUT2D eigenvalue weighted by atomic mass is 9.88. The Labute approximate surface area is 142 Å². The summed E-state index contributed by atoms with van der Waals surface area (Å²) in [6, 6.07) is -0.212. The Hall–Kier alpha value is -2.02. The number of amides is 1. The maximum Gasteiger partial charge on any atom is 0.252 e. The van der Waals surface area contributed by atoms with Gasteiger partial charge in [-0.05, 0) is 37.7 Å². The van der Waals surface area contributed by atoms with Crippen molar-refractivity contribution in [1.82, 2.24) is 24.9 Å². The summed E-state index contributed by atoms with van der Waals surface area (Å²) < 4.78 is 1.69. The molecule has 0 radical (unpaired) electrons. The fourth-order valence-electron chi connectivity index (χ4n) is 2.96. The van der Waals surface area contributed by atoms with Crippen molar-refractivity contribution in [1.29, 1.82) is 0 Å². The molecule has 0 spiro atoms. The predicted molar refractivity (Wildman–Crippen MR) is 91.7 cm³/mol. The highest BCUT2D eigenvalue weighted by Crippen LogP contribution is 2.21. The Morgan fingerprint density at radius 3 is 2.71 bits per heavy atom. The number of aliphatic hydroxyl groups excluding tert-OH is 1. The van der Waals surface area contributed by atoms with E-state index in [0.29, 0.717) is 18.6 Å². The Morgan fingerprint density at radius 1 is 1.38 bits per heavy atom. The Kier molecular flexibility index (Phi) is 5.54. The molecule has 0 aliphatic heterocycles. The molecule has 0 aromatic carbocycles. The van der Waals surface area contributed by atoms with Crippen LogP contribution in [0.2, 0.25) is 0 Å². The van der Waals surface area contributed by atoms with Gasteiger partial charge < -0.3 is 10.4 Å². The molecule has 7 heteroatoms. The van der Waals surface area contributed by atoms with E-state index in [1.54, 1.807) is 4.52 Å². The van der Waals surface area contributed by atoms with Crippen molar-refractivity contribution in [2.45, 2.75) is 59.9 Å². The minimum Gasteiger partial charge on any atom is -0.394 e. The number of carbonyl (C=O) groups excluding carboxylic acids is 1. The number of aryl methyl sites for hydroxylation is 2. The molecule has 2 rings (SSSR count). The topological polar surface area (TPSA) is 92.4 Å². The van der Waals surface area contributed by atoms with Gasteiger partial charge in [0.05, 0.1) is 12.6 Å². The van der Waals surface area contributed by atoms with Gasteiger partial charge in [0.15, 0.2) is 0 Å². The molecule has 0 aliphatic carbocycles. The number of rotatable bonds is 6. The number of hydrogen-bond donors (Lipinski definition) is 2. The van der Waals surface area contributed by atoms with Crippen LogP contribution in [0.1, 0.15) is 50.6 Å². The van der Waals surface area contributed by atoms with Gasteiger partial charge in [-0.1, -0.05) is 20.8 Å². The van der Waals surface area contributed by atoms with Crippen molar-refractivity contribution < 1.29 is 9.90 Å². The first-order chi connectivity index (χ1) is 11.2. The summed E-state index contributed by atoms with van der Waals surface area (Å²) in [6.45, 7) is 10.1. The number of hydrogen-bond acceptors (Lipinski definition) is 5. The Balaban J connectivity index is 2.01. The third-order valence-electron chi connectivity index (χ3n) is 4.03. The van der Waals surface area contributed by atoms with Crippen molar-refractivity contribution >= 4 is 11.7 Å². The van der Waals surface area contributed by atoms with Crippen molar-refractivity contribution in [3.63, 3.8) is 0 Å². The van der Waals surface area contributed by atoms with Crippen LogP contribution in [-0.2, 0) is 11.2 Å². The molecule has 2 aromatic heterocycles. The zero-order valence-electron chi connectivity index (χ0n) is 15.1. The molecule has 1 amide bonds. The second-order valence-electron chi connectivity index (χ2n) is 7.44. The molecule has 0 saturated heterocycles. The van der Waals surface area contributed by atoms with Gasteiger partial charge in [0, 0.05) is 17.8 Å². The molecular weight excluding hydrogens is 306 g/mol. The zero-order valence-corrected chi connectivity index (χ0v) is 15.1. The van der Waals surface area contributed by atoms with Crippen molar-refractivity contribution in [3.8, 4) is 0 Å². The van der Waals surface area contributed by atoms with Crippen LogP contribution < -0.4 is 5.32 Å². The number of carbonyl (C=O) groups is 1. The average Bonchev–Trinajstić information content (AvgIpc) is 2.93. The second kappa shape index (κ2) is 7.25. The lowest BCUT2D eigenvalue weighted by molar-refractivity contribution is -0.122. The molecule has 0 saturated carbocycles. The third kappa shape index (κ3) is 4.50. The quantitative estimate of drug-likeness (QED) is 0.837. The summed E-state index contributed by atoms with van der Waals surface area (Å²) in [5.74, 6) is 0.513. The molecule has 0 bridgehead atoms. The summed E-state index contributed by atoms with van der Waals surface area (Å²) >= 11 is 0. The maximum atomic E-state index is 12.2. The van der Waals surface area contributed by atoms with Crippen LogP contribution in [0.4, 0.5) is 0 Å². The molecule has 132 valence electrons. The summed E-state index contributed by atoms with van der Waals surface area (Å²) in [5, 5.41) is 16.5. The lowest BCUT2D eigenvalue weighted by Gasteiger charge is -2.25. The van der Waals surface area contributed by atoms with Gasteiger partial charge in [-0.25, -0.2) is 9.50 Å². The molecule has 1 unspecified atom stereocenters. The Bertz CT molecular complexity index is 718. The largest absolute Gasteiger partial charge is 0.394 e. The normalized spacial score (nSPS) is 13.2. The molecule has 2 aromatic rings. The van der Waals surface area contributed by atoms with Gasteiger partial charge in [0.2, 0.25) is 5.91 Å². The van der Waals surface area contributed by atoms with Gasteiger partial charge in [0.25, 0.3) is 5.78 Å². The number of aliphatic hydroxyl groups is 1. The van der Waals surface area contributed by atoms with Crippen LogP contribution in [0.15, 0.2) is 6.33 Å². The van der Waals surface area contributed by atoms with E-state index in [0.717, 1.165) is 23.4 Å². The van der Waals surface area contributed by atoms with Crippen molar-refractivity contribution in [2.24, 2.45) is 5.41 Å². The maximum absolute atomic E-state index is 12.2. The van der Waals surface area contributed by atoms with Crippen LogP contribution in [0, 0.1) is 19.3 Å². The minimum atomic E-state index is -0.212. The highest BCUT2D eigenvalue weighted by Gasteiger charge is 2.20. The fourth-order valence-corrected chi connectivity index (χ4v) is 2.96. The first-order valence-electron chi connectivity index (χ1n) is 8.27. The SMILES string of the molecule is Cc1nc2ncnn2c(C)c1CCC(=O)NC(CO)CC(C)(C)C. The number of nitrogens with one attached hydrogen (secondary N) is 1. The number of aromatic nitrogens is 4. The Morgan fingerprint density at radius 2 is 2.08 bits per heavy atom. The molecule has 0 fully saturated rings. The summed E-state index contributed by atoms with van der Waals surface area (Å²) in [4.78, 5) is 20.7. The van der Waals surface area contributed by atoms with Crippen LogP contribution in [-0.4, -0.2) is 43.2 Å². The highest BCUT2D eigenvalue weighted by atomic mass is 16.3. The van der Waals surface area contributed by atoms with Gasteiger partial charge in [-0.15, -0.1) is 0 Å². The molecule has 24 heavy (non-hydrogen) atoms. The van der Waals surface area contributed by atoms with E-state index in [4.69, 9.17) is 0 Å². The zero-order chi connectivity index (χ0) is 17.9. The van der Waals surface area contributed by atoms with Gasteiger partial charge in [0.1, 0.15) is 6.33 Å². The molecule has 2 N–H and O–H groups in total. The molecule has 2 heterocycles. The highest BCUT2D eigenvalue weighted by molar-refractivity contribution is 5.76. The standard InChI is InChI=1S/C17H27N5O2/c1-11-14(12(2)22-16(20-11)18-10-19-22)6-7-15(24)21-13(9-23)8-17(3,4)5/h10,13,23H,6-9H2,1-5H3,(H,21,24). The lowest BCUT2D eigenvalue weighted by Crippen LogP contribution is -2.40. The van der Waals surface area contributed by atoms with Gasteiger partial charge >= 0.3 is 0 Å². The van der Waals surface area contributed by atoms with E-state index < -0.39 is 0 Å². The van der Waals surface area contributed by atoms with Gasteiger partial charge in [-0.3, -0.25) is 4.79 Å². The molecule has 7 nitrogen and oxygen atoms in total. The van der Waals surface area contributed by atoms with E-state index in [2.05, 4.69) is 41.2 Å². The van der Waals surface area contributed by atoms with E-state index in [1.165, 1.54) is 6.33 Å². The average molecular weight is 333 g/mol. The summed E-state index contributed by atoms with van der Waals surface area (Å²) in [6.07, 6.45) is 3.15. The van der Waals surface area contributed by atoms with Crippen LogP contribution in [0.5, 0.6) is 0 Å². The first-order valence-corrected chi connectivity index (χ1v) is 8.27. The number of fused-ring (bicyclic) bond motifs is 1. The molecule has 0 aliphatic rings. The van der Waals surface area contributed by atoms with Gasteiger partial charge in [-0.2, -0.15) is 10.1 Å². The molecule has 1 atom stereocenters. The van der Waals surface area contributed by atoms with Crippen LogP contribution in [0.25, 0.3) is 5.78 Å². The van der Waals surface area contributed by atoms with Crippen molar-refractivity contribution in [2.75, 3.05) is 6.61 Å².